The van der Waals surface area contributed by atoms with Gasteiger partial charge in [0.2, 0.25) is 0 Å². The molecule has 1 saturated carbocycles. The summed E-state index contributed by atoms with van der Waals surface area (Å²) in [5, 5.41) is 0.746. The van der Waals surface area contributed by atoms with Gasteiger partial charge in [0.25, 0.3) is 0 Å². The molecule has 0 amide bonds. The molecule has 0 spiro atoms. The van der Waals surface area contributed by atoms with Crippen LogP contribution in [0.25, 0.3) is 11.0 Å². The maximum Gasteiger partial charge on any atom is 0.178 e. The molecule has 1 aliphatic carbocycles. The zero-order valence-corrected chi connectivity index (χ0v) is 12.9. The van der Waals surface area contributed by atoms with Gasteiger partial charge >= 0.3 is 0 Å². The molecule has 1 aromatic heterocycles. The van der Waals surface area contributed by atoms with Crippen molar-refractivity contribution < 1.29 is 0 Å². The minimum absolute atomic E-state index is 0.286. The Kier molecular flexibility index (Phi) is 3.22. The Balaban J connectivity index is 2.22. The van der Waals surface area contributed by atoms with Crippen molar-refractivity contribution in [3.05, 3.63) is 28.0 Å². The van der Waals surface area contributed by atoms with E-state index in [0.717, 1.165) is 20.8 Å². The Bertz CT molecular complexity index is 668. The molecule has 102 valence electrons. The first-order valence-corrected chi connectivity index (χ1v) is 7.68. The summed E-state index contributed by atoms with van der Waals surface area (Å²) in [6.45, 7) is 4.70. The average molecular weight is 295 g/mol. The highest BCUT2D eigenvalue weighted by Crippen LogP contribution is 2.45. The number of aromatic nitrogens is 2. The van der Waals surface area contributed by atoms with Gasteiger partial charge in [-0.15, -0.1) is 0 Å². The molecule has 4 heteroatoms. The molecule has 1 aromatic carbocycles. The topological polar surface area (TPSA) is 20.7 Å². The van der Waals surface area contributed by atoms with Gasteiger partial charge in [0.15, 0.2) is 4.77 Å². The lowest BCUT2D eigenvalue weighted by molar-refractivity contribution is 0.146. The molecular weight excluding hydrogens is 276 g/mol. The minimum atomic E-state index is 0.286. The standard InChI is InChI=1S/C15H19ClN2S/c1-15(2)9-4-3-8-12(15)18-11-7-5-6-10(16)13(11)17-14(18)19/h5-7,12H,3-4,8-9H2,1-2H3,(H,17,19). The molecule has 0 saturated heterocycles. The molecule has 1 N–H and O–H groups in total. The summed E-state index contributed by atoms with van der Waals surface area (Å²) in [5.74, 6) is 0. The number of fused-ring (bicyclic) bond motifs is 1. The van der Waals surface area contributed by atoms with Crippen LogP contribution in [-0.4, -0.2) is 9.55 Å². The molecule has 2 nitrogen and oxygen atoms in total. The minimum Gasteiger partial charge on any atom is -0.329 e. The van der Waals surface area contributed by atoms with Gasteiger partial charge in [0.05, 0.1) is 16.1 Å². The zero-order valence-electron chi connectivity index (χ0n) is 11.4. The number of rotatable bonds is 1. The summed E-state index contributed by atoms with van der Waals surface area (Å²) in [5.41, 5.74) is 2.39. The largest absolute Gasteiger partial charge is 0.329 e. The number of benzene rings is 1. The van der Waals surface area contributed by atoms with Crippen molar-refractivity contribution in [2.75, 3.05) is 0 Å². The third kappa shape index (κ3) is 2.13. The van der Waals surface area contributed by atoms with Gasteiger partial charge in [-0.25, -0.2) is 0 Å². The summed E-state index contributed by atoms with van der Waals surface area (Å²) in [6.07, 6.45) is 5.05. The van der Waals surface area contributed by atoms with E-state index in [1.165, 1.54) is 25.7 Å². The fourth-order valence-electron chi connectivity index (χ4n) is 3.38. The smallest absolute Gasteiger partial charge is 0.178 e. The van der Waals surface area contributed by atoms with Gasteiger partial charge in [-0.05, 0) is 42.6 Å². The molecule has 0 aliphatic heterocycles. The molecule has 1 atom stereocenters. The van der Waals surface area contributed by atoms with Gasteiger partial charge in [-0.1, -0.05) is 44.4 Å². The molecule has 1 unspecified atom stereocenters. The number of nitrogens with one attached hydrogen (secondary N) is 1. The summed E-state index contributed by atoms with van der Waals surface area (Å²) in [4.78, 5) is 3.28. The lowest BCUT2D eigenvalue weighted by atomic mass is 9.73. The number of imidazole rings is 1. The molecule has 1 heterocycles. The second-order valence-corrected chi connectivity index (χ2v) is 6.98. The average Bonchev–Trinajstić information content (AvgIpc) is 2.67. The summed E-state index contributed by atoms with van der Waals surface area (Å²) >= 11 is 11.8. The molecule has 1 aliphatic rings. The van der Waals surface area contributed by atoms with Gasteiger partial charge in [0.1, 0.15) is 0 Å². The number of nitrogens with zero attached hydrogens (tertiary/aromatic N) is 1. The number of hydrogen-bond acceptors (Lipinski definition) is 1. The predicted octanol–water partition coefficient (Wildman–Crippen LogP) is 5.49. The van der Waals surface area contributed by atoms with Gasteiger partial charge in [0, 0.05) is 6.04 Å². The van der Waals surface area contributed by atoms with Gasteiger partial charge in [-0.2, -0.15) is 0 Å². The first kappa shape index (κ1) is 13.2. The molecule has 1 fully saturated rings. The quantitative estimate of drug-likeness (QED) is 0.689. The van der Waals surface area contributed by atoms with E-state index in [-0.39, 0.29) is 5.41 Å². The zero-order chi connectivity index (χ0) is 13.6. The van der Waals surface area contributed by atoms with Crippen molar-refractivity contribution in [3.8, 4) is 0 Å². The molecule has 3 rings (SSSR count). The van der Waals surface area contributed by atoms with Crippen LogP contribution in [0.3, 0.4) is 0 Å². The normalized spacial score (nSPS) is 22.8. The van der Waals surface area contributed by atoms with Crippen LogP contribution < -0.4 is 0 Å². The first-order chi connectivity index (χ1) is 9.00. The first-order valence-electron chi connectivity index (χ1n) is 6.89. The number of hydrogen-bond donors (Lipinski definition) is 1. The van der Waals surface area contributed by atoms with Crippen LogP contribution in [0.15, 0.2) is 18.2 Å². The van der Waals surface area contributed by atoms with E-state index >= 15 is 0 Å². The van der Waals surface area contributed by atoms with Crippen LogP contribution in [0, 0.1) is 10.2 Å². The Morgan fingerprint density at radius 3 is 2.89 bits per heavy atom. The van der Waals surface area contributed by atoms with Crippen LogP contribution in [0.5, 0.6) is 0 Å². The molecule has 0 radical (unpaired) electrons. The van der Waals surface area contributed by atoms with Crippen molar-refractivity contribution in [1.82, 2.24) is 9.55 Å². The SMILES string of the molecule is CC1(C)CCCCC1n1c(=S)[nH]c2c(Cl)cccc21. The van der Waals surface area contributed by atoms with Crippen LogP contribution in [-0.2, 0) is 0 Å². The number of H-pyrrole nitrogens is 1. The maximum absolute atomic E-state index is 6.26. The van der Waals surface area contributed by atoms with E-state index in [9.17, 15) is 0 Å². The lowest BCUT2D eigenvalue weighted by Gasteiger charge is -2.39. The van der Waals surface area contributed by atoms with E-state index in [1.807, 2.05) is 12.1 Å². The van der Waals surface area contributed by atoms with Gasteiger partial charge in [-0.3, -0.25) is 0 Å². The lowest BCUT2D eigenvalue weighted by Crippen LogP contribution is -2.30. The molecule has 19 heavy (non-hydrogen) atoms. The molecule has 2 aromatic rings. The Hall–Kier alpha value is -0.800. The summed E-state index contributed by atoms with van der Waals surface area (Å²) in [6, 6.07) is 6.48. The highest BCUT2D eigenvalue weighted by atomic mass is 35.5. The van der Waals surface area contributed by atoms with Crippen molar-refractivity contribution >= 4 is 34.9 Å². The predicted molar refractivity (Wildman–Crippen MR) is 83.4 cm³/mol. The second kappa shape index (κ2) is 4.64. The van der Waals surface area contributed by atoms with Crippen molar-refractivity contribution in [1.29, 1.82) is 0 Å². The number of aromatic amines is 1. The monoisotopic (exact) mass is 294 g/mol. The van der Waals surface area contributed by atoms with E-state index < -0.39 is 0 Å². The Morgan fingerprint density at radius 2 is 2.16 bits per heavy atom. The van der Waals surface area contributed by atoms with E-state index in [0.29, 0.717) is 6.04 Å². The van der Waals surface area contributed by atoms with E-state index in [1.54, 1.807) is 0 Å². The van der Waals surface area contributed by atoms with Crippen molar-refractivity contribution in [2.45, 2.75) is 45.6 Å². The van der Waals surface area contributed by atoms with Crippen molar-refractivity contribution in [3.63, 3.8) is 0 Å². The van der Waals surface area contributed by atoms with E-state index in [2.05, 4.69) is 29.5 Å². The highest BCUT2D eigenvalue weighted by molar-refractivity contribution is 7.71. The second-order valence-electron chi connectivity index (χ2n) is 6.18. The third-order valence-electron chi connectivity index (χ3n) is 4.46. The van der Waals surface area contributed by atoms with Gasteiger partial charge < -0.3 is 9.55 Å². The molecule has 0 bridgehead atoms. The van der Waals surface area contributed by atoms with Crippen LogP contribution in [0.4, 0.5) is 0 Å². The number of para-hydroxylation sites is 1. The summed E-state index contributed by atoms with van der Waals surface area (Å²) in [7, 11) is 0. The van der Waals surface area contributed by atoms with Crippen molar-refractivity contribution in [2.24, 2.45) is 5.41 Å². The summed E-state index contributed by atoms with van der Waals surface area (Å²) < 4.78 is 3.08. The van der Waals surface area contributed by atoms with Crippen LogP contribution in [0.2, 0.25) is 5.02 Å². The highest BCUT2D eigenvalue weighted by Gasteiger charge is 2.34. The van der Waals surface area contributed by atoms with Crippen LogP contribution in [0.1, 0.15) is 45.6 Å². The fraction of sp³-hybridized carbons (Fsp3) is 0.533. The fourth-order valence-corrected chi connectivity index (χ4v) is 3.92. The Labute approximate surface area is 123 Å². The Morgan fingerprint density at radius 1 is 1.37 bits per heavy atom. The van der Waals surface area contributed by atoms with E-state index in [4.69, 9.17) is 23.8 Å². The van der Waals surface area contributed by atoms with Crippen LogP contribution >= 0.6 is 23.8 Å². The molecular formula is C15H19ClN2S. The number of halogens is 1. The third-order valence-corrected chi connectivity index (χ3v) is 5.08. The maximum atomic E-state index is 6.26.